The molecule has 0 amide bonds. The molecular weight excluding hydrogens is 204 g/mol. The van der Waals surface area contributed by atoms with E-state index in [0.717, 1.165) is 18.8 Å². The quantitative estimate of drug-likeness (QED) is 0.709. The summed E-state index contributed by atoms with van der Waals surface area (Å²) in [4.78, 5) is 10.7. The van der Waals surface area contributed by atoms with E-state index in [1.165, 1.54) is 5.56 Å². The number of carbonyl (C=O) groups is 1. The van der Waals surface area contributed by atoms with Crippen LogP contribution in [0.25, 0.3) is 0 Å². The molecule has 1 rings (SSSR count). The van der Waals surface area contributed by atoms with Gasteiger partial charge in [-0.1, -0.05) is 12.1 Å². The van der Waals surface area contributed by atoms with Crippen molar-refractivity contribution in [2.45, 2.75) is 19.8 Å². The summed E-state index contributed by atoms with van der Waals surface area (Å²) < 4.78 is 10.4. The summed E-state index contributed by atoms with van der Waals surface area (Å²) in [5, 5.41) is 0. The van der Waals surface area contributed by atoms with Crippen LogP contribution in [-0.4, -0.2) is 26.1 Å². The van der Waals surface area contributed by atoms with E-state index in [0.29, 0.717) is 13.0 Å². The third kappa shape index (κ3) is 4.94. The van der Waals surface area contributed by atoms with Crippen LogP contribution < -0.4 is 4.74 Å². The second-order valence-electron chi connectivity index (χ2n) is 3.69. The Morgan fingerprint density at radius 3 is 2.44 bits per heavy atom. The van der Waals surface area contributed by atoms with Crippen LogP contribution in [0.5, 0.6) is 5.75 Å². The molecule has 0 aliphatic rings. The Morgan fingerprint density at radius 2 is 1.88 bits per heavy atom. The summed E-state index contributed by atoms with van der Waals surface area (Å²) in [5.41, 5.74) is 1.22. The number of Topliss-reactive ketones (excluding diaryl/α,β-unsaturated/α-hetero) is 1. The van der Waals surface area contributed by atoms with E-state index in [-0.39, 0.29) is 5.78 Å². The second-order valence-corrected chi connectivity index (χ2v) is 3.69. The van der Waals surface area contributed by atoms with Crippen LogP contribution in [0.1, 0.15) is 18.9 Å². The molecule has 0 aromatic heterocycles. The average Bonchev–Trinajstić information content (AvgIpc) is 2.27. The van der Waals surface area contributed by atoms with Gasteiger partial charge >= 0.3 is 0 Å². The third-order valence-electron chi connectivity index (χ3n) is 2.24. The Bertz CT molecular complexity index is 316. The topological polar surface area (TPSA) is 35.5 Å². The summed E-state index contributed by atoms with van der Waals surface area (Å²) in [6.45, 7) is 2.74. The molecule has 1 aromatic rings. The van der Waals surface area contributed by atoms with E-state index >= 15 is 0 Å². The SMILES string of the molecule is COCCc1ccc(OCCC(C)=O)cc1. The first-order valence-electron chi connectivity index (χ1n) is 5.42. The maximum Gasteiger partial charge on any atom is 0.133 e. The molecule has 0 heterocycles. The van der Waals surface area contributed by atoms with Gasteiger partial charge in [0.05, 0.1) is 13.2 Å². The molecule has 0 saturated heterocycles. The fraction of sp³-hybridized carbons (Fsp3) is 0.462. The Kier molecular flexibility index (Phi) is 5.57. The molecule has 1 aromatic carbocycles. The van der Waals surface area contributed by atoms with Gasteiger partial charge in [0.1, 0.15) is 11.5 Å². The number of ether oxygens (including phenoxy) is 2. The van der Waals surface area contributed by atoms with Gasteiger partial charge in [-0.15, -0.1) is 0 Å². The zero-order chi connectivity index (χ0) is 11.8. The van der Waals surface area contributed by atoms with Crippen molar-refractivity contribution in [1.82, 2.24) is 0 Å². The highest BCUT2D eigenvalue weighted by Crippen LogP contribution is 2.12. The van der Waals surface area contributed by atoms with E-state index < -0.39 is 0 Å². The summed E-state index contributed by atoms with van der Waals surface area (Å²) in [5.74, 6) is 0.958. The minimum atomic E-state index is 0.150. The van der Waals surface area contributed by atoms with Crippen LogP contribution in [0.2, 0.25) is 0 Å². The zero-order valence-corrected chi connectivity index (χ0v) is 9.86. The third-order valence-corrected chi connectivity index (χ3v) is 2.24. The molecule has 3 nitrogen and oxygen atoms in total. The molecule has 0 bridgehead atoms. The fourth-order valence-electron chi connectivity index (χ4n) is 1.28. The summed E-state index contributed by atoms with van der Waals surface area (Å²) in [7, 11) is 1.69. The van der Waals surface area contributed by atoms with Crippen molar-refractivity contribution in [2.24, 2.45) is 0 Å². The molecule has 0 radical (unpaired) electrons. The van der Waals surface area contributed by atoms with Gasteiger partial charge in [-0.25, -0.2) is 0 Å². The molecule has 0 fully saturated rings. The highest BCUT2D eigenvalue weighted by atomic mass is 16.5. The van der Waals surface area contributed by atoms with Gasteiger partial charge in [0.2, 0.25) is 0 Å². The van der Waals surface area contributed by atoms with Crippen LogP contribution >= 0.6 is 0 Å². The van der Waals surface area contributed by atoms with Crippen LogP contribution in [0.15, 0.2) is 24.3 Å². The van der Waals surface area contributed by atoms with Gasteiger partial charge in [0.15, 0.2) is 0 Å². The lowest BCUT2D eigenvalue weighted by Crippen LogP contribution is -2.02. The molecule has 88 valence electrons. The smallest absolute Gasteiger partial charge is 0.133 e. The highest BCUT2D eigenvalue weighted by Gasteiger charge is 1.97. The number of carbonyl (C=O) groups excluding carboxylic acids is 1. The second kappa shape index (κ2) is 7.01. The van der Waals surface area contributed by atoms with Gasteiger partial charge in [0.25, 0.3) is 0 Å². The highest BCUT2D eigenvalue weighted by molar-refractivity contribution is 5.75. The van der Waals surface area contributed by atoms with Gasteiger partial charge in [-0.05, 0) is 31.0 Å². The van der Waals surface area contributed by atoms with E-state index in [4.69, 9.17) is 9.47 Å². The first-order valence-corrected chi connectivity index (χ1v) is 5.42. The van der Waals surface area contributed by atoms with E-state index in [9.17, 15) is 4.79 Å². The molecular formula is C13H18O3. The standard InChI is InChI=1S/C13H18O3/c1-11(14)7-10-16-13-5-3-12(4-6-13)8-9-15-2/h3-6H,7-10H2,1-2H3. The van der Waals surface area contributed by atoms with E-state index in [1.807, 2.05) is 24.3 Å². The average molecular weight is 222 g/mol. The normalized spacial score (nSPS) is 10.1. The van der Waals surface area contributed by atoms with Crippen molar-refractivity contribution in [1.29, 1.82) is 0 Å². The summed E-state index contributed by atoms with van der Waals surface area (Å²) >= 11 is 0. The summed E-state index contributed by atoms with van der Waals surface area (Å²) in [6.07, 6.45) is 1.37. The Hall–Kier alpha value is -1.35. The molecule has 0 N–H and O–H groups in total. The van der Waals surface area contributed by atoms with Crippen LogP contribution in [0, 0.1) is 0 Å². The fourth-order valence-corrected chi connectivity index (χ4v) is 1.28. The molecule has 0 atom stereocenters. The molecule has 0 saturated carbocycles. The maximum absolute atomic E-state index is 10.7. The van der Waals surface area contributed by atoms with Gasteiger partial charge < -0.3 is 9.47 Å². The van der Waals surface area contributed by atoms with Crippen molar-refractivity contribution in [3.05, 3.63) is 29.8 Å². The van der Waals surface area contributed by atoms with Gasteiger partial charge in [0, 0.05) is 13.5 Å². The van der Waals surface area contributed by atoms with E-state index in [2.05, 4.69) is 0 Å². The molecule has 0 aliphatic heterocycles. The number of benzene rings is 1. The van der Waals surface area contributed by atoms with Crippen molar-refractivity contribution in [3.63, 3.8) is 0 Å². The van der Waals surface area contributed by atoms with Crippen LogP contribution in [0.3, 0.4) is 0 Å². The van der Waals surface area contributed by atoms with Crippen molar-refractivity contribution in [3.8, 4) is 5.75 Å². The largest absolute Gasteiger partial charge is 0.493 e. The molecule has 0 spiro atoms. The lowest BCUT2D eigenvalue weighted by atomic mass is 10.1. The summed E-state index contributed by atoms with van der Waals surface area (Å²) in [6, 6.07) is 7.88. The minimum Gasteiger partial charge on any atom is -0.493 e. The van der Waals surface area contributed by atoms with Crippen LogP contribution in [0.4, 0.5) is 0 Å². The molecule has 0 aliphatic carbocycles. The van der Waals surface area contributed by atoms with E-state index in [1.54, 1.807) is 14.0 Å². The van der Waals surface area contributed by atoms with Crippen molar-refractivity contribution < 1.29 is 14.3 Å². The number of methoxy groups -OCH3 is 1. The molecule has 0 unspecified atom stereocenters. The molecule has 3 heteroatoms. The van der Waals surface area contributed by atoms with Crippen LogP contribution in [-0.2, 0) is 16.0 Å². The Balaban J connectivity index is 2.36. The van der Waals surface area contributed by atoms with Crippen molar-refractivity contribution >= 4 is 5.78 Å². The Morgan fingerprint density at radius 1 is 1.19 bits per heavy atom. The predicted molar refractivity (Wildman–Crippen MR) is 62.8 cm³/mol. The van der Waals surface area contributed by atoms with Gasteiger partial charge in [-0.3, -0.25) is 4.79 Å². The van der Waals surface area contributed by atoms with Crippen molar-refractivity contribution in [2.75, 3.05) is 20.3 Å². The first kappa shape index (κ1) is 12.7. The zero-order valence-electron chi connectivity index (χ0n) is 9.86. The maximum atomic E-state index is 10.7. The monoisotopic (exact) mass is 222 g/mol. The lowest BCUT2D eigenvalue weighted by Gasteiger charge is -2.06. The Labute approximate surface area is 96.4 Å². The predicted octanol–water partition coefficient (Wildman–Crippen LogP) is 2.23. The minimum absolute atomic E-state index is 0.150. The number of hydrogen-bond acceptors (Lipinski definition) is 3. The number of ketones is 1. The lowest BCUT2D eigenvalue weighted by molar-refractivity contribution is -0.117. The number of rotatable bonds is 7. The first-order chi connectivity index (χ1) is 7.72. The van der Waals surface area contributed by atoms with Gasteiger partial charge in [-0.2, -0.15) is 0 Å². The molecule has 16 heavy (non-hydrogen) atoms. The number of hydrogen-bond donors (Lipinski definition) is 0.